The van der Waals surface area contributed by atoms with E-state index in [9.17, 15) is 0 Å². The molecule has 26 rings (SSSR count). The Labute approximate surface area is 703 Å². The van der Waals surface area contributed by atoms with Gasteiger partial charge in [-0.05, 0) is 171 Å². The van der Waals surface area contributed by atoms with Crippen LogP contribution in [0.1, 0.15) is 6.85 Å². The zero-order valence-corrected chi connectivity index (χ0v) is 65.4. The molecule has 0 aliphatic rings. The molecular weight excluding hydrogens is 1470 g/mol. The second-order valence-electron chi connectivity index (χ2n) is 31.4. The molecule has 3 aromatic heterocycles. The highest BCUT2D eigenvalue weighted by molar-refractivity contribution is 6.29. The minimum absolute atomic E-state index is 0.202. The average Bonchev–Trinajstić information content (AvgIpc) is 1.21. The van der Waals surface area contributed by atoms with Crippen molar-refractivity contribution in [2.45, 2.75) is 0 Å². The van der Waals surface area contributed by atoms with Crippen molar-refractivity contribution >= 4 is 174 Å². The lowest BCUT2D eigenvalue weighted by molar-refractivity contribution is 0.670. The summed E-state index contributed by atoms with van der Waals surface area (Å²) < 4.78 is 62.5. The van der Waals surface area contributed by atoms with E-state index < -0.39 is 6.04 Å². The summed E-state index contributed by atoms with van der Waals surface area (Å²) in [6.45, 7) is 0. The third kappa shape index (κ3) is 11.3. The van der Waals surface area contributed by atoms with E-state index in [1.165, 1.54) is 114 Å². The van der Waals surface area contributed by atoms with Crippen LogP contribution in [-0.4, -0.2) is 0 Å². The first-order chi connectivity index (χ1) is 62.1. The highest BCUT2D eigenvalue weighted by Gasteiger charge is 2.25. The molecule has 562 valence electrons. The van der Waals surface area contributed by atoms with Crippen LogP contribution in [0.15, 0.2) is 450 Å². The van der Waals surface area contributed by atoms with Gasteiger partial charge in [0.2, 0.25) is 0 Å². The molecule has 3 nitrogen and oxygen atoms in total. The molecule has 0 aliphatic heterocycles. The molecule has 0 atom stereocenters. The number of hydrogen-bond acceptors (Lipinski definition) is 3. The molecule has 26 aromatic rings. The summed E-state index contributed by atoms with van der Waals surface area (Å²) in [6.07, 6.45) is 0. The van der Waals surface area contributed by atoms with Gasteiger partial charge >= 0.3 is 0 Å². The molecule has 0 saturated carbocycles. The maximum Gasteiger partial charge on any atom is 0.143 e. The number of para-hydroxylation sites is 3. The second-order valence-corrected chi connectivity index (χ2v) is 31.4. The van der Waals surface area contributed by atoms with Gasteiger partial charge in [-0.2, -0.15) is 0 Å². The zero-order valence-electron chi connectivity index (χ0n) is 70.4. The third-order valence-corrected chi connectivity index (χ3v) is 24.8. The van der Waals surface area contributed by atoms with Gasteiger partial charge < -0.3 is 13.3 Å². The Balaban J connectivity index is 0.000000106. The van der Waals surface area contributed by atoms with Gasteiger partial charge in [-0.15, -0.1) is 0 Å². The molecule has 0 N–H and O–H groups in total. The Morgan fingerprint density at radius 2 is 0.463 bits per heavy atom. The molecule has 121 heavy (non-hydrogen) atoms. The van der Waals surface area contributed by atoms with E-state index in [-0.39, 0.29) is 29.7 Å². The standard InChI is InChI=1S/C42H26O.C40H24O.C36H22O/c1-2-12-29(13-3-1)39-33-15-6-8-17-35(33)40(36-18-9-7-16-34(36)39)30-23-21-28(22-24-30)32-19-10-20-37-41-31-14-5-4-11-27(31)25-26-38(41)43-42(32)37;1-2-12-27-24-28(21-20-25(27)10-1)37-30-14-5-7-16-32(30)38(33-17-8-6-15-31(33)37)36-19-9-18-34-35-23-22-26-11-3-4-13-29(26)39(35)41-40(34)36;1-2-12-24(13-3-1)33-26-15-6-8-17-28(26)34(29-18-9-7-16-27(29)33)32-20-10-19-30-31-22-21-23-11-4-5-14-25(23)35(31)37-36(30)32/h1-26H;1-24H;1-22H/i;;1D,2D,3D,12D,13D. The van der Waals surface area contributed by atoms with Crippen molar-refractivity contribution in [1.82, 2.24) is 0 Å². The molecule has 0 unspecified atom stereocenters. The normalized spacial score (nSPS) is 12.4. The topological polar surface area (TPSA) is 39.4 Å². The average molecular weight is 1540 g/mol. The molecule has 0 bridgehead atoms. The molecule has 0 amide bonds. The van der Waals surface area contributed by atoms with Gasteiger partial charge in [0.15, 0.2) is 0 Å². The Morgan fingerprint density at radius 3 is 0.934 bits per heavy atom. The van der Waals surface area contributed by atoms with E-state index in [0.29, 0.717) is 5.56 Å². The van der Waals surface area contributed by atoms with Gasteiger partial charge in [0.05, 0.1) is 6.85 Å². The number of fused-ring (bicyclic) bond motifs is 22. The Kier molecular flexibility index (Phi) is 15.1. The van der Waals surface area contributed by atoms with Crippen molar-refractivity contribution < 1.29 is 20.1 Å². The summed E-state index contributed by atoms with van der Waals surface area (Å²) in [6, 6.07) is 142. The lowest BCUT2D eigenvalue weighted by Crippen LogP contribution is -1.91. The van der Waals surface area contributed by atoms with Crippen LogP contribution in [0.2, 0.25) is 0 Å². The summed E-state index contributed by atoms with van der Waals surface area (Å²) in [5.41, 5.74) is 20.2. The fourth-order valence-electron chi connectivity index (χ4n) is 19.6. The molecule has 23 aromatic carbocycles. The van der Waals surface area contributed by atoms with Crippen LogP contribution < -0.4 is 0 Å². The molecule has 0 saturated heterocycles. The van der Waals surface area contributed by atoms with E-state index in [1.54, 1.807) is 0 Å². The number of hydrogen-bond donors (Lipinski definition) is 0. The summed E-state index contributed by atoms with van der Waals surface area (Å²) in [5, 5.41) is 29.6. The van der Waals surface area contributed by atoms with Gasteiger partial charge in [-0.1, -0.05) is 412 Å². The van der Waals surface area contributed by atoms with Gasteiger partial charge in [0.1, 0.15) is 33.5 Å². The van der Waals surface area contributed by atoms with Crippen LogP contribution in [0.25, 0.3) is 251 Å². The van der Waals surface area contributed by atoms with Crippen LogP contribution >= 0.6 is 0 Å². The van der Waals surface area contributed by atoms with Crippen molar-refractivity contribution in [3.63, 3.8) is 0 Å². The number of furan rings is 3. The lowest BCUT2D eigenvalue weighted by Gasteiger charge is -2.18. The molecular formula is C118H72O3. The maximum atomic E-state index is 8.79. The van der Waals surface area contributed by atoms with Gasteiger partial charge in [-0.25, -0.2) is 0 Å². The molecule has 0 aliphatic carbocycles. The Bertz CT molecular complexity index is 8850. The molecule has 0 spiro atoms. The van der Waals surface area contributed by atoms with Crippen LogP contribution in [0.5, 0.6) is 0 Å². The quantitative estimate of drug-likeness (QED) is 0.149. The van der Waals surface area contributed by atoms with Crippen LogP contribution in [0.3, 0.4) is 0 Å². The van der Waals surface area contributed by atoms with Gasteiger partial charge in [0, 0.05) is 70.9 Å². The second kappa shape index (κ2) is 28.5. The monoisotopic (exact) mass is 1540 g/mol. The largest absolute Gasteiger partial charge is 0.455 e. The fourth-order valence-corrected chi connectivity index (χ4v) is 19.6. The number of rotatable bonds is 7. The van der Waals surface area contributed by atoms with Crippen molar-refractivity contribution in [1.29, 1.82) is 0 Å². The first-order valence-corrected chi connectivity index (χ1v) is 41.2. The molecule has 0 fully saturated rings. The van der Waals surface area contributed by atoms with Crippen molar-refractivity contribution in [3.8, 4) is 77.9 Å². The lowest BCUT2D eigenvalue weighted by atomic mass is 9.85. The first kappa shape index (κ1) is 64.3. The van der Waals surface area contributed by atoms with Gasteiger partial charge in [-0.3, -0.25) is 0 Å². The van der Waals surface area contributed by atoms with E-state index in [2.05, 4.69) is 346 Å². The third-order valence-electron chi connectivity index (χ3n) is 24.8. The first-order valence-electron chi connectivity index (χ1n) is 43.7. The Morgan fingerprint density at radius 1 is 0.157 bits per heavy atom. The summed E-state index contributed by atoms with van der Waals surface area (Å²) in [7, 11) is 0. The zero-order chi connectivity index (χ0) is 83.9. The SMILES string of the molecule is [2H]c1c([2H])c([2H])c(-c2c3ccccc3c(-c3cccc4c3oc3c5ccccc5ccc43)c3ccccc23)c([2H])c1[2H].c1ccc(-c2c3ccccc3c(-c3ccc(-c4cccc5c4oc4ccc6ccccc6c45)cc3)c3ccccc23)cc1.c1ccc2cc(-c3c4ccccc4c(-c4cccc5c4oc4c6ccccc6ccc54)c4ccccc34)ccc2c1. The smallest absolute Gasteiger partial charge is 0.143 e. The molecule has 0 radical (unpaired) electrons. The van der Waals surface area contributed by atoms with Crippen molar-refractivity contribution in [2.24, 2.45) is 0 Å². The van der Waals surface area contributed by atoms with Crippen molar-refractivity contribution in [2.75, 3.05) is 0 Å². The van der Waals surface area contributed by atoms with E-state index in [4.69, 9.17) is 20.1 Å². The minimum atomic E-state index is -0.400. The fraction of sp³-hybridized carbons (Fsp3) is 0. The van der Waals surface area contributed by atoms with E-state index in [0.717, 1.165) is 126 Å². The predicted molar refractivity (Wildman–Crippen MR) is 514 cm³/mol. The molecule has 3 heterocycles. The summed E-state index contributed by atoms with van der Waals surface area (Å²) >= 11 is 0. The van der Waals surface area contributed by atoms with E-state index >= 15 is 0 Å². The summed E-state index contributed by atoms with van der Waals surface area (Å²) in [5.74, 6) is 0. The Hall–Kier alpha value is -15.9. The summed E-state index contributed by atoms with van der Waals surface area (Å²) in [4.78, 5) is 0. The van der Waals surface area contributed by atoms with Gasteiger partial charge in [0.25, 0.3) is 0 Å². The maximum absolute atomic E-state index is 8.79. The van der Waals surface area contributed by atoms with E-state index in [1.807, 2.05) is 60.7 Å². The number of benzene rings is 23. The molecule has 3 heteroatoms. The predicted octanol–water partition coefficient (Wildman–Crippen LogP) is 34.0. The highest BCUT2D eigenvalue weighted by Crippen LogP contribution is 2.52. The van der Waals surface area contributed by atoms with Crippen LogP contribution in [0, 0.1) is 0 Å². The highest BCUT2D eigenvalue weighted by atomic mass is 16.3. The van der Waals surface area contributed by atoms with Crippen LogP contribution in [0.4, 0.5) is 0 Å². The minimum Gasteiger partial charge on any atom is -0.455 e. The van der Waals surface area contributed by atoms with Crippen molar-refractivity contribution in [3.05, 3.63) is 437 Å². The van der Waals surface area contributed by atoms with Crippen LogP contribution in [-0.2, 0) is 0 Å².